The summed E-state index contributed by atoms with van der Waals surface area (Å²) in [4.78, 5) is 24.4. The lowest BCUT2D eigenvalue weighted by Crippen LogP contribution is -2.51. The summed E-state index contributed by atoms with van der Waals surface area (Å²) in [5.41, 5.74) is 1.73. The molecule has 0 aromatic rings. The maximum Gasteiger partial charge on any atom is 0.397 e. The molecule has 3 N–H and O–H groups in total. The van der Waals surface area contributed by atoms with E-state index in [-0.39, 0.29) is 23.2 Å². The van der Waals surface area contributed by atoms with E-state index in [1.807, 2.05) is 20.8 Å². The van der Waals surface area contributed by atoms with Gasteiger partial charge >= 0.3 is 16.4 Å². The number of carbonyl (C=O) groups excluding carboxylic acids is 1. The van der Waals surface area contributed by atoms with E-state index in [1.54, 1.807) is 0 Å². The zero-order chi connectivity index (χ0) is 31.0. The maximum atomic E-state index is 12.8. The summed E-state index contributed by atoms with van der Waals surface area (Å²) in [5, 5.41) is 12.3. The van der Waals surface area contributed by atoms with Crippen molar-refractivity contribution in [2.24, 2.45) is 52.3 Å². The number of nitrogens with one attached hydrogen (secondary N) is 1. The minimum atomic E-state index is -4.44. The van der Waals surface area contributed by atoms with Gasteiger partial charge in [-0.15, -0.1) is 0 Å². The van der Waals surface area contributed by atoms with Crippen LogP contribution in [0.15, 0.2) is 11.6 Å². The van der Waals surface area contributed by atoms with Crippen molar-refractivity contribution in [1.82, 2.24) is 5.32 Å². The van der Waals surface area contributed by atoms with Crippen molar-refractivity contribution in [3.05, 3.63) is 11.6 Å². The Morgan fingerprint density at radius 1 is 1.07 bits per heavy atom. The second-order valence-electron chi connectivity index (χ2n) is 14.9. The van der Waals surface area contributed by atoms with Gasteiger partial charge in [0.15, 0.2) is 0 Å². The number of carboxylic acids is 1. The minimum absolute atomic E-state index is 0.0817. The Morgan fingerprint density at radius 3 is 2.43 bits per heavy atom. The second kappa shape index (κ2) is 12.9. The van der Waals surface area contributed by atoms with E-state index in [0.29, 0.717) is 54.3 Å². The van der Waals surface area contributed by atoms with Crippen LogP contribution in [-0.2, 0) is 24.2 Å². The van der Waals surface area contributed by atoms with Crippen molar-refractivity contribution in [2.75, 3.05) is 0 Å². The predicted octanol–water partition coefficient (Wildman–Crippen LogP) is 6.81. The van der Waals surface area contributed by atoms with Gasteiger partial charge in [-0.2, -0.15) is 8.42 Å². The average Bonchev–Trinajstić information content (AvgIpc) is 3.27. The maximum absolute atomic E-state index is 12.8. The Morgan fingerprint density at radius 2 is 1.79 bits per heavy atom. The number of fused-ring (bicyclic) bond motifs is 5. The van der Waals surface area contributed by atoms with Crippen LogP contribution < -0.4 is 5.32 Å². The summed E-state index contributed by atoms with van der Waals surface area (Å²) in [6, 6.07) is -0.831. The van der Waals surface area contributed by atoms with Gasteiger partial charge in [-0.3, -0.25) is 9.35 Å². The van der Waals surface area contributed by atoms with E-state index in [1.165, 1.54) is 31.3 Å². The third-order valence-corrected chi connectivity index (χ3v) is 13.1. The van der Waals surface area contributed by atoms with Crippen LogP contribution in [0.1, 0.15) is 119 Å². The van der Waals surface area contributed by atoms with Gasteiger partial charge in [0.05, 0.1) is 6.10 Å². The second-order valence-corrected chi connectivity index (χ2v) is 15.9. The van der Waals surface area contributed by atoms with Crippen LogP contribution in [0.4, 0.5) is 0 Å². The van der Waals surface area contributed by atoms with Crippen LogP contribution >= 0.6 is 0 Å². The molecule has 0 heterocycles. The topological polar surface area (TPSA) is 130 Å². The quantitative estimate of drug-likeness (QED) is 0.164. The van der Waals surface area contributed by atoms with E-state index in [9.17, 15) is 27.7 Å². The van der Waals surface area contributed by atoms with Gasteiger partial charge in [-0.25, -0.2) is 8.98 Å². The third-order valence-electron chi connectivity index (χ3n) is 12.6. The lowest BCUT2D eigenvalue weighted by Gasteiger charge is -2.58. The molecule has 3 saturated carbocycles. The van der Waals surface area contributed by atoms with E-state index >= 15 is 0 Å². The van der Waals surface area contributed by atoms with Crippen LogP contribution in [0.25, 0.3) is 0 Å². The normalized spacial score (nSPS) is 37.3. The summed E-state index contributed by atoms with van der Waals surface area (Å²) < 4.78 is 36.8. The molecule has 1 amide bonds. The van der Waals surface area contributed by atoms with Gasteiger partial charge < -0.3 is 10.4 Å². The first-order valence-corrected chi connectivity index (χ1v) is 17.9. The van der Waals surface area contributed by atoms with Crippen LogP contribution in [0.3, 0.4) is 0 Å². The molecule has 9 heteroatoms. The number of allylic oxidation sites excluding steroid dienone is 1. The highest BCUT2D eigenvalue weighted by molar-refractivity contribution is 7.80. The summed E-state index contributed by atoms with van der Waals surface area (Å²) in [5.74, 6) is 1.80. The van der Waals surface area contributed by atoms with Crippen molar-refractivity contribution in [3.8, 4) is 0 Å². The number of hydrogen-bond acceptors (Lipinski definition) is 5. The van der Waals surface area contributed by atoms with E-state index in [2.05, 4.69) is 32.2 Å². The molecule has 0 unspecified atom stereocenters. The number of amides is 1. The molecular weight excluding hydrogens is 554 g/mol. The van der Waals surface area contributed by atoms with Gasteiger partial charge in [0, 0.05) is 5.92 Å². The molecule has 42 heavy (non-hydrogen) atoms. The van der Waals surface area contributed by atoms with E-state index < -0.39 is 28.5 Å². The number of rotatable bonds is 12. The summed E-state index contributed by atoms with van der Waals surface area (Å²) in [7, 11) is -4.44. The third kappa shape index (κ3) is 6.78. The highest BCUT2D eigenvalue weighted by Gasteiger charge is 2.59. The van der Waals surface area contributed by atoms with Gasteiger partial charge in [0.25, 0.3) is 0 Å². The monoisotopic (exact) mass is 609 g/mol. The predicted molar refractivity (Wildman–Crippen MR) is 163 cm³/mol. The van der Waals surface area contributed by atoms with Crippen LogP contribution in [0.2, 0.25) is 0 Å². The summed E-state index contributed by atoms with van der Waals surface area (Å²) >= 11 is 0. The van der Waals surface area contributed by atoms with Gasteiger partial charge in [-0.1, -0.05) is 72.5 Å². The standard InChI is InChI=1S/C33H55NO7S/c1-7-20(2)29(31(36)37)34-30(35)22(4)10-8-9-21(3)26-13-14-27-25-12-11-23-19-24(41-42(38,39)40)15-17-32(23,5)28(25)16-18-33(26,27)6/h11,20-22,24-29H,7-10,12-19H2,1-6H3,(H,34,35)(H,36,37)(H,38,39,40)/t20-,21+,22+,24-,25-,26+,27-,28-,29-,32-,33+/m0/s1. The Labute approximate surface area is 253 Å². The highest BCUT2D eigenvalue weighted by atomic mass is 32.3. The number of carboxylic acid groups (broad SMARTS) is 1. The van der Waals surface area contributed by atoms with Gasteiger partial charge in [0.2, 0.25) is 5.91 Å². The molecule has 240 valence electrons. The Bertz CT molecular complexity index is 1140. The van der Waals surface area contributed by atoms with E-state index in [4.69, 9.17) is 4.18 Å². The van der Waals surface area contributed by atoms with Gasteiger partial charge in [0.1, 0.15) is 6.04 Å². The summed E-state index contributed by atoms with van der Waals surface area (Å²) in [6.07, 6.45) is 13.6. The molecular formula is C33H55NO7S. The van der Waals surface area contributed by atoms with Crippen LogP contribution in [-0.4, -0.2) is 42.1 Å². The van der Waals surface area contributed by atoms with Crippen molar-refractivity contribution in [2.45, 2.75) is 131 Å². The van der Waals surface area contributed by atoms with Crippen molar-refractivity contribution in [1.29, 1.82) is 0 Å². The number of hydrogen-bond donors (Lipinski definition) is 3. The number of carbonyl (C=O) groups is 2. The fourth-order valence-electron chi connectivity index (χ4n) is 9.91. The Kier molecular flexibility index (Phi) is 10.3. The van der Waals surface area contributed by atoms with Crippen LogP contribution in [0.5, 0.6) is 0 Å². The molecule has 0 radical (unpaired) electrons. The number of aliphatic carboxylic acids is 1. The molecule has 4 aliphatic carbocycles. The lowest BCUT2D eigenvalue weighted by atomic mass is 9.47. The smallest absolute Gasteiger partial charge is 0.397 e. The highest BCUT2D eigenvalue weighted by Crippen LogP contribution is 2.67. The fraction of sp³-hybridized carbons (Fsp3) is 0.879. The first-order chi connectivity index (χ1) is 19.6. The molecule has 3 fully saturated rings. The van der Waals surface area contributed by atoms with Crippen LogP contribution in [0, 0.1) is 52.3 Å². The lowest BCUT2D eigenvalue weighted by molar-refractivity contribution is -0.144. The molecule has 0 aromatic heterocycles. The molecule has 0 spiro atoms. The Hall–Kier alpha value is -1.45. The largest absolute Gasteiger partial charge is 0.480 e. The molecule has 11 atom stereocenters. The average molecular weight is 610 g/mol. The molecule has 8 nitrogen and oxygen atoms in total. The first kappa shape index (κ1) is 33.4. The minimum Gasteiger partial charge on any atom is -0.480 e. The molecule has 0 aromatic carbocycles. The molecule has 0 saturated heterocycles. The Balaban J connectivity index is 1.33. The van der Waals surface area contributed by atoms with Crippen molar-refractivity contribution >= 4 is 22.3 Å². The summed E-state index contributed by atoms with van der Waals surface area (Å²) in [6.45, 7) is 13.0. The molecule has 4 rings (SSSR count). The van der Waals surface area contributed by atoms with Crippen molar-refractivity contribution in [3.63, 3.8) is 0 Å². The van der Waals surface area contributed by atoms with Gasteiger partial charge in [-0.05, 0) is 104 Å². The van der Waals surface area contributed by atoms with Crippen molar-refractivity contribution < 1.29 is 31.8 Å². The molecule has 0 aliphatic heterocycles. The zero-order valence-corrected chi connectivity index (χ0v) is 27.4. The molecule has 4 aliphatic rings. The fourth-order valence-corrected chi connectivity index (χ4v) is 10.4. The first-order valence-electron chi connectivity index (χ1n) is 16.5. The zero-order valence-electron chi connectivity index (χ0n) is 26.6. The molecule has 0 bridgehead atoms. The SMILES string of the molecule is CC[C@H](C)[C@H](NC(=O)[C@H](C)CCC[C@@H](C)[C@H]1CC[C@H]2[C@@H]3CC=C4C[C@@H](OS(=O)(=O)O)CC[C@]4(C)[C@H]3CC[C@]12C)C(=O)O. The van der Waals surface area contributed by atoms with E-state index in [0.717, 1.165) is 32.1 Å².